The lowest BCUT2D eigenvalue weighted by Gasteiger charge is -2.08. The Morgan fingerprint density at radius 1 is 1.32 bits per heavy atom. The molecule has 0 aliphatic heterocycles. The number of hydrogen-bond acceptors (Lipinski definition) is 6. The predicted molar refractivity (Wildman–Crippen MR) is 94.9 cm³/mol. The quantitative estimate of drug-likeness (QED) is 0.524. The number of imidazole rings is 1. The van der Waals surface area contributed by atoms with Crippen molar-refractivity contribution in [3.63, 3.8) is 0 Å². The zero-order valence-corrected chi connectivity index (χ0v) is 14.7. The molecule has 130 valence electrons. The fraction of sp³-hybridized carbons (Fsp3) is 0.267. The van der Waals surface area contributed by atoms with Gasteiger partial charge in [0.15, 0.2) is 5.52 Å². The summed E-state index contributed by atoms with van der Waals surface area (Å²) >= 11 is 1.52. The topological polar surface area (TPSA) is 103 Å². The molecule has 0 saturated heterocycles. The standard InChI is InChI=1S/C15H16N6O3S/c1-9(10-5-4-6-25-10)17-18-11(22)7-21-8-16-12-13(21)19(2)15(24)20(3)14(12)23/h4-6,8H,7H2,1-3H3,(H,18,22)/b17-9-. The van der Waals surface area contributed by atoms with Crippen molar-refractivity contribution in [3.8, 4) is 0 Å². The minimum Gasteiger partial charge on any atom is -0.307 e. The first kappa shape index (κ1) is 16.8. The zero-order valence-electron chi connectivity index (χ0n) is 13.9. The predicted octanol–water partition coefficient (Wildman–Crippen LogP) is 0.0356. The number of aryl methyl sites for hydroxylation is 1. The van der Waals surface area contributed by atoms with Crippen LogP contribution in [0.4, 0.5) is 0 Å². The Labute approximate surface area is 145 Å². The molecule has 0 atom stereocenters. The Kier molecular flexibility index (Phi) is 4.36. The van der Waals surface area contributed by atoms with Crippen LogP contribution >= 0.6 is 11.3 Å². The minimum absolute atomic E-state index is 0.113. The number of carbonyl (C=O) groups excluding carboxylic acids is 1. The summed E-state index contributed by atoms with van der Waals surface area (Å²) in [5, 5.41) is 5.98. The lowest BCUT2D eigenvalue weighted by atomic mass is 10.3. The van der Waals surface area contributed by atoms with E-state index in [9.17, 15) is 14.4 Å². The van der Waals surface area contributed by atoms with E-state index in [1.807, 2.05) is 17.5 Å². The lowest BCUT2D eigenvalue weighted by Crippen LogP contribution is -2.37. The molecule has 3 rings (SSSR count). The van der Waals surface area contributed by atoms with Crippen molar-refractivity contribution in [3.05, 3.63) is 49.6 Å². The largest absolute Gasteiger partial charge is 0.332 e. The fourth-order valence-electron chi connectivity index (χ4n) is 2.43. The lowest BCUT2D eigenvalue weighted by molar-refractivity contribution is -0.121. The molecule has 0 fully saturated rings. The number of nitrogens with one attached hydrogen (secondary N) is 1. The van der Waals surface area contributed by atoms with E-state index < -0.39 is 11.2 Å². The molecule has 0 aromatic carbocycles. The van der Waals surface area contributed by atoms with Crippen LogP contribution in [-0.2, 0) is 25.4 Å². The molecule has 25 heavy (non-hydrogen) atoms. The second-order valence-corrected chi connectivity index (χ2v) is 6.41. The van der Waals surface area contributed by atoms with Crippen molar-refractivity contribution in [2.45, 2.75) is 13.5 Å². The Bertz CT molecular complexity index is 1090. The third kappa shape index (κ3) is 3.03. The van der Waals surface area contributed by atoms with Gasteiger partial charge in [-0.1, -0.05) is 6.07 Å². The van der Waals surface area contributed by atoms with E-state index in [0.717, 1.165) is 9.44 Å². The van der Waals surface area contributed by atoms with Gasteiger partial charge in [-0.15, -0.1) is 11.3 Å². The Morgan fingerprint density at radius 3 is 2.76 bits per heavy atom. The zero-order chi connectivity index (χ0) is 18.1. The van der Waals surface area contributed by atoms with Gasteiger partial charge in [-0.05, 0) is 18.4 Å². The molecule has 0 radical (unpaired) electrons. The van der Waals surface area contributed by atoms with E-state index in [2.05, 4.69) is 15.5 Å². The van der Waals surface area contributed by atoms with E-state index >= 15 is 0 Å². The molecular formula is C15H16N6O3S. The molecule has 1 N–H and O–H groups in total. The summed E-state index contributed by atoms with van der Waals surface area (Å²) < 4.78 is 3.72. The average molecular weight is 360 g/mol. The van der Waals surface area contributed by atoms with Crippen LogP contribution in [0.15, 0.2) is 38.5 Å². The first-order valence-corrected chi connectivity index (χ1v) is 8.26. The van der Waals surface area contributed by atoms with E-state index in [1.165, 1.54) is 40.9 Å². The number of aromatic nitrogens is 4. The van der Waals surface area contributed by atoms with Gasteiger partial charge >= 0.3 is 5.69 Å². The van der Waals surface area contributed by atoms with Crippen molar-refractivity contribution in [1.29, 1.82) is 0 Å². The van der Waals surface area contributed by atoms with Crippen LogP contribution in [0.1, 0.15) is 11.8 Å². The summed E-state index contributed by atoms with van der Waals surface area (Å²) in [6, 6.07) is 3.81. The SMILES string of the molecule is C/C(=N/NC(=O)Cn1cnc2c(=O)n(C)c(=O)n(C)c21)c1cccs1. The van der Waals surface area contributed by atoms with E-state index in [1.54, 1.807) is 6.92 Å². The van der Waals surface area contributed by atoms with Crippen molar-refractivity contribution >= 4 is 34.1 Å². The third-order valence-corrected chi connectivity index (χ3v) is 4.73. The molecule has 0 unspecified atom stereocenters. The van der Waals surface area contributed by atoms with Crippen LogP contribution in [0.5, 0.6) is 0 Å². The number of carbonyl (C=O) groups is 1. The maximum Gasteiger partial charge on any atom is 0.332 e. The number of hydrogen-bond donors (Lipinski definition) is 1. The summed E-state index contributed by atoms with van der Waals surface area (Å²) in [5.41, 5.74) is 2.62. The van der Waals surface area contributed by atoms with Gasteiger partial charge in [0.05, 0.1) is 12.0 Å². The third-order valence-electron chi connectivity index (χ3n) is 3.75. The normalized spacial score (nSPS) is 11.9. The maximum atomic E-state index is 12.1. The highest BCUT2D eigenvalue weighted by atomic mass is 32.1. The Hall–Kier alpha value is -3.01. The number of rotatable bonds is 4. The Morgan fingerprint density at radius 2 is 2.08 bits per heavy atom. The monoisotopic (exact) mass is 360 g/mol. The van der Waals surface area contributed by atoms with E-state index in [-0.39, 0.29) is 18.0 Å². The number of nitrogens with zero attached hydrogens (tertiary/aromatic N) is 5. The van der Waals surface area contributed by atoms with Crippen molar-refractivity contribution in [1.82, 2.24) is 24.1 Å². The van der Waals surface area contributed by atoms with Crippen LogP contribution in [0.2, 0.25) is 0 Å². The summed E-state index contributed by atoms with van der Waals surface area (Å²) in [4.78, 5) is 41.3. The Balaban J connectivity index is 1.86. The molecule has 0 bridgehead atoms. The van der Waals surface area contributed by atoms with Crippen molar-refractivity contribution < 1.29 is 4.79 Å². The van der Waals surface area contributed by atoms with Gasteiger partial charge in [0.2, 0.25) is 0 Å². The van der Waals surface area contributed by atoms with Gasteiger partial charge in [-0.25, -0.2) is 15.2 Å². The molecule has 9 nitrogen and oxygen atoms in total. The van der Waals surface area contributed by atoms with Crippen molar-refractivity contribution in [2.75, 3.05) is 0 Å². The number of thiophene rings is 1. The number of amides is 1. The average Bonchev–Trinajstić information content (AvgIpc) is 3.26. The van der Waals surface area contributed by atoms with Crippen LogP contribution in [0.3, 0.4) is 0 Å². The van der Waals surface area contributed by atoms with Gasteiger partial charge < -0.3 is 4.57 Å². The summed E-state index contributed by atoms with van der Waals surface area (Å²) in [6.45, 7) is 1.68. The summed E-state index contributed by atoms with van der Waals surface area (Å²) in [6.07, 6.45) is 1.36. The molecule has 10 heteroatoms. The second-order valence-electron chi connectivity index (χ2n) is 5.46. The molecule has 0 aliphatic rings. The number of fused-ring (bicyclic) bond motifs is 1. The molecule has 3 aromatic rings. The molecule has 3 heterocycles. The van der Waals surface area contributed by atoms with Gasteiger partial charge in [0.1, 0.15) is 12.2 Å². The summed E-state index contributed by atoms with van der Waals surface area (Å²) in [7, 11) is 2.91. The number of hydrazone groups is 1. The summed E-state index contributed by atoms with van der Waals surface area (Å²) in [5.74, 6) is -0.386. The molecule has 0 saturated carbocycles. The molecular weight excluding hydrogens is 344 g/mol. The second kappa shape index (κ2) is 6.48. The van der Waals surface area contributed by atoms with Crippen LogP contribution in [0, 0.1) is 0 Å². The van der Waals surface area contributed by atoms with Gasteiger partial charge in [-0.2, -0.15) is 5.10 Å². The van der Waals surface area contributed by atoms with E-state index in [0.29, 0.717) is 11.4 Å². The molecule has 1 amide bonds. The fourth-order valence-corrected chi connectivity index (χ4v) is 3.11. The first-order valence-electron chi connectivity index (χ1n) is 7.38. The maximum absolute atomic E-state index is 12.1. The van der Waals surface area contributed by atoms with Gasteiger partial charge in [0, 0.05) is 19.0 Å². The molecule has 0 aliphatic carbocycles. The first-order chi connectivity index (χ1) is 11.9. The van der Waals surface area contributed by atoms with Gasteiger partial charge in [0.25, 0.3) is 11.5 Å². The highest BCUT2D eigenvalue weighted by Crippen LogP contribution is 2.09. The van der Waals surface area contributed by atoms with Crippen LogP contribution < -0.4 is 16.7 Å². The van der Waals surface area contributed by atoms with Crippen LogP contribution in [0.25, 0.3) is 11.2 Å². The molecule has 3 aromatic heterocycles. The highest BCUT2D eigenvalue weighted by Gasteiger charge is 2.15. The van der Waals surface area contributed by atoms with Crippen molar-refractivity contribution in [2.24, 2.45) is 19.2 Å². The minimum atomic E-state index is -0.496. The highest BCUT2D eigenvalue weighted by molar-refractivity contribution is 7.12. The molecule has 0 spiro atoms. The van der Waals surface area contributed by atoms with E-state index in [4.69, 9.17) is 0 Å². The van der Waals surface area contributed by atoms with Gasteiger partial charge in [-0.3, -0.25) is 18.7 Å². The smallest absolute Gasteiger partial charge is 0.307 e. The van der Waals surface area contributed by atoms with Crippen LogP contribution in [-0.4, -0.2) is 30.3 Å².